The van der Waals surface area contributed by atoms with Crippen molar-refractivity contribution < 1.29 is 23.7 Å². The number of likely N-dealkylation sites (tertiary alicyclic amines) is 1. The smallest absolute Gasteiger partial charge is 0.410 e. The average Bonchev–Trinajstić information content (AvgIpc) is 2.73. The number of carbonyl (C=O) groups excluding carboxylic acids is 1. The number of nitrogen functional groups attached to an aromatic ring is 1. The van der Waals surface area contributed by atoms with Gasteiger partial charge >= 0.3 is 6.09 Å². The van der Waals surface area contributed by atoms with E-state index in [4.69, 9.17) is 15.3 Å². The predicted molar refractivity (Wildman–Crippen MR) is 114 cm³/mol. The van der Waals surface area contributed by atoms with Gasteiger partial charge in [0.2, 0.25) is 0 Å². The minimum Gasteiger partial charge on any atom is -0.447 e. The first-order valence-electron chi connectivity index (χ1n) is 10.4. The zero-order valence-electron chi connectivity index (χ0n) is 17.8. The molecule has 2 N–H and O–H groups in total. The lowest BCUT2D eigenvalue weighted by Gasteiger charge is -2.32. The summed E-state index contributed by atoms with van der Waals surface area (Å²) in [6.07, 6.45) is 2.06. The highest BCUT2D eigenvalue weighted by Gasteiger charge is 2.26. The third kappa shape index (κ3) is 5.74. The number of hydrogen-bond donors (Lipinski definition) is 1. The number of carbonyl (C=O) groups is 1. The molecule has 1 aromatic rings. The van der Waals surface area contributed by atoms with Gasteiger partial charge in [-0.05, 0) is 19.9 Å². The van der Waals surface area contributed by atoms with Crippen LogP contribution in [0.2, 0.25) is 0 Å². The highest BCUT2D eigenvalue weighted by molar-refractivity contribution is 5.86. The lowest BCUT2D eigenvalue weighted by atomic mass is 10.1. The summed E-state index contributed by atoms with van der Waals surface area (Å²) in [5, 5.41) is 15.2. The minimum atomic E-state index is -0.696. The van der Waals surface area contributed by atoms with Gasteiger partial charge in [-0.1, -0.05) is 5.16 Å². The Bertz CT molecular complexity index is 845. The Labute approximate surface area is 179 Å². The van der Waals surface area contributed by atoms with Crippen molar-refractivity contribution in [1.82, 2.24) is 4.90 Å². The van der Waals surface area contributed by atoms with Crippen LogP contribution in [0.25, 0.3) is 0 Å². The molecular formula is C20H28FN5O5. The maximum atomic E-state index is 14.3. The number of ether oxygens (including phenoxy) is 1. The molecule has 10 nitrogen and oxygen atoms in total. The van der Waals surface area contributed by atoms with Crippen LogP contribution in [0.5, 0.6) is 0 Å². The van der Waals surface area contributed by atoms with E-state index < -0.39 is 16.4 Å². The zero-order chi connectivity index (χ0) is 22.5. The van der Waals surface area contributed by atoms with E-state index in [1.54, 1.807) is 9.80 Å². The van der Waals surface area contributed by atoms with Crippen LogP contribution in [0.1, 0.15) is 39.5 Å². The summed E-state index contributed by atoms with van der Waals surface area (Å²) in [6.45, 7) is 5.79. The van der Waals surface area contributed by atoms with Gasteiger partial charge in [0.15, 0.2) is 5.82 Å². The lowest BCUT2D eigenvalue weighted by Crippen LogP contribution is -2.41. The fourth-order valence-corrected chi connectivity index (χ4v) is 3.63. The van der Waals surface area contributed by atoms with E-state index >= 15 is 0 Å². The number of amides is 1. The standard InChI is InChI=1S/C20H28FN5O5/c1-13(2)30-20(27)25-9-5-15(6-10-25)31-23-14-3-7-24(8-4-14)18-12-17(22)19(26(28)29)11-16(18)21/h11-13,15H,3-10,22H2,1-2H3. The molecular weight excluding hydrogens is 409 g/mol. The van der Waals surface area contributed by atoms with Gasteiger partial charge in [-0.15, -0.1) is 0 Å². The van der Waals surface area contributed by atoms with E-state index in [0.717, 1.165) is 11.8 Å². The van der Waals surface area contributed by atoms with E-state index in [0.29, 0.717) is 51.9 Å². The van der Waals surface area contributed by atoms with Crippen molar-refractivity contribution in [3.8, 4) is 0 Å². The Balaban J connectivity index is 1.48. The molecule has 2 fully saturated rings. The molecule has 2 aliphatic rings. The van der Waals surface area contributed by atoms with E-state index in [9.17, 15) is 19.3 Å². The zero-order valence-corrected chi connectivity index (χ0v) is 17.8. The molecule has 0 bridgehead atoms. The molecule has 0 unspecified atom stereocenters. The Morgan fingerprint density at radius 3 is 2.48 bits per heavy atom. The third-order valence-corrected chi connectivity index (χ3v) is 5.34. The quantitative estimate of drug-likeness (QED) is 0.426. The number of halogens is 1. The van der Waals surface area contributed by atoms with Crippen LogP contribution in [0.15, 0.2) is 17.3 Å². The fraction of sp³-hybridized carbons (Fsp3) is 0.600. The summed E-state index contributed by atoms with van der Waals surface area (Å²) >= 11 is 0. The van der Waals surface area contributed by atoms with Gasteiger partial charge in [-0.2, -0.15) is 0 Å². The Hall–Kier alpha value is -3.11. The van der Waals surface area contributed by atoms with Gasteiger partial charge in [-0.3, -0.25) is 10.1 Å². The van der Waals surface area contributed by atoms with E-state index in [2.05, 4.69) is 5.16 Å². The summed E-state index contributed by atoms with van der Waals surface area (Å²) in [5.74, 6) is -0.666. The molecule has 1 aromatic carbocycles. The SMILES string of the molecule is CC(C)OC(=O)N1CCC(ON=C2CCN(c3cc(N)c([N+](=O)[O-])cc3F)CC2)CC1. The number of nitro groups is 1. The Morgan fingerprint density at radius 2 is 1.90 bits per heavy atom. The van der Waals surface area contributed by atoms with Gasteiger partial charge in [0.05, 0.1) is 28.5 Å². The average molecular weight is 437 g/mol. The lowest BCUT2D eigenvalue weighted by molar-refractivity contribution is -0.384. The third-order valence-electron chi connectivity index (χ3n) is 5.34. The first kappa shape index (κ1) is 22.6. The number of anilines is 2. The first-order valence-corrected chi connectivity index (χ1v) is 10.4. The van der Waals surface area contributed by atoms with Crippen LogP contribution >= 0.6 is 0 Å². The highest BCUT2D eigenvalue weighted by atomic mass is 19.1. The maximum absolute atomic E-state index is 14.3. The predicted octanol–water partition coefficient (Wildman–Crippen LogP) is 3.30. The second kappa shape index (κ2) is 9.80. The Morgan fingerprint density at radius 1 is 1.26 bits per heavy atom. The van der Waals surface area contributed by atoms with Gasteiger partial charge in [-0.25, -0.2) is 9.18 Å². The number of rotatable bonds is 5. The number of hydrogen-bond acceptors (Lipinski definition) is 8. The number of nitrogens with zero attached hydrogens (tertiary/aromatic N) is 4. The molecule has 0 spiro atoms. The number of piperidine rings is 2. The Kier molecular flexibility index (Phi) is 7.13. The van der Waals surface area contributed by atoms with Crippen molar-refractivity contribution in [2.45, 2.75) is 51.7 Å². The molecule has 0 aromatic heterocycles. The number of nitro benzene ring substituents is 1. The summed E-state index contributed by atoms with van der Waals surface area (Å²) in [5.41, 5.74) is 6.34. The number of nitrogens with two attached hydrogens (primary N) is 1. The van der Waals surface area contributed by atoms with E-state index in [1.165, 1.54) is 6.07 Å². The van der Waals surface area contributed by atoms with Gasteiger partial charge < -0.3 is 25.1 Å². The molecule has 1 amide bonds. The van der Waals surface area contributed by atoms with Crippen LogP contribution < -0.4 is 10.6 Å². The van der Waals surface area contributed by atoms with Crippen LogP contribution in [0.4, 0.5) is 26.2 Å². The second-order valence-electron chi connectivity index (χ2n) is 7.99. The van der Waals surface area contributed by atoms with Crippen LogP contribution in [0, 0.1) is 15.9 Å². The number of benzene rings is 1. The van der Waals surface area contributed by atoms with Gasteiger partial charge in [0, 0.05) is 51.9 Å². The summed E-state index contributed by atoms with van der Waals surface area (Å²) in [6, 6.07) is 2.17. The normalized spacial score (nSPS) is 17.6. The molecule has 2 heterocycles. The van der Waals surface area contributed by atoms with Crippen LogP contribution in [-0.4, -0.2) is 60.0 Å². The minimum absolute atomic E-state index is 0.0551. The molecule has 2 aliphatic heterocycles. The molecule has 0 atom stereocenters. The molecule has 31 heavy (non-hydrogen) atoms. The van der Waals surface area contributed by atoms with E-state index in [1.807, 2.05) is 13.8 Å². The topological polar surface area (TPSA) is 124 Å². The fourth-order valence-electron chi connectivity index (χ4n) is 3.63. The largest absolute Gasteiger partial charge is 0.447 e. The summed E-state index contributed by atoms with van der Waals surface area (Å²) in [7, 11) is 0. The number of oxime groups is 1. The highest BCUT2D eigenvalue weighted by Crippen LogP contribution is 2.31. The van der Waals surface area contributed by atoms with E-state index in [-0.39, 0.29) is 29.7 Å². The van der Waals surface area contributed by atoms with Crippen molar-refractivity contribution >= 4 is 28.9 Å². The summed E-state index contributed by atoms with van der Waals surface area (Å²) in [4.78, 5) is 31.3. The molecule has 0 saturated carbocycles. The molecule has 3 rings (SSSR count). The van der Waals surface area contributed by atoms with Crippen molar-refractivity contribution in [1.29, 1.82) is 0 Å². The molecule has 11 heteroatoms. The second-order valence-corrected chi connectivity index (χ2v) is 7.99. The van der Waals surface area contributed by atoms with Crippen molar-refractivity contribution in [3.05, 3.63) is 28.1 Å². The first-order chi connectivity index (χ1) is 14.7. The van der Waals surface area contributed by atoms with Crippen molar-refractivity contribution in [2.24, 2.45) is 5.16 Å². The van der Waals surface area contributed by atoms with Crippen molar-refractivity contribution in [2.75, 3.05) is 36.8 Å². The summed E-state index contributed by atoms with van der Waals surface area (Å²) < 4.78 is 19.5. The van der Waals surface area contributed by atoms with Crippen LogP contribution in [0.3, 0.4) is 0 Å². The van der Waals surface area contributed by atoms with Crippen molar-refractivity contribution in [3.63, 3.8) is 0 Å². The molecule has 170 valence electrons. The molecule has 0 aliphatic carbocycles. The monoisotopic (exact) mass is 437 g/mol. The molecule has 2 saturated heterocycles. The van der Waals surface area contributed by atoms with Gasteiger partial charge in [0.25, 0.3) is 5.69 Å². The van der Waals surface area contributed by atoms with Crippen LogP contribution in [-0.2, 0) is 9.57 Å². The van der Waals surface area contributed by atoms with Gasteiger partial charge in [0.1, 0.15) is 11.8 Å². The molecule has 0 radical (unpaired) electrons. The maximum Gasteiger partial charge on any atom is 0.410 e.